The molecule has 1 N–H and O–H groups in total. The minimum Gasteiger partial charge on any atom is -0.477 e. The molecule has 0 amide bonds. The Kier molecular flexibility index (Phi) is 3.60. The van der Waals surface area contributed by atoms with Crippen LogP contribution in [0.4, 0.5) is 0 Å². The van der Waals surface area contributed by atoms with E-state index in [2.05, 4.69) is 0 Å². The van der Waals surface area contributed by atoms with Crippen molar-refractivity contribution in [2.24, 2.45) is 11.8 Å². The van der Waals surface area contributed by atoms with Gasteiger partial charge in [-0.3, -0.25) is 0 Å². The molecule has 0 atom stereocenters. The molecule has 5 nitrogen and oxygen atoms in total. The first-order valence-corrected chi connectivity index (χ1v) is 9.11. The zero-order chi connectivity index (χ0) is 14.3. The van der Waals surface area contributed by atoms with Crippen LogP contribution in [-0.2, 0) is 10.0 Å². The molecule has 0 radical (unpaired) electrons. The monoisotopic (exact) mass is 315 g/mol. The Morgan fingerprint density at radius 2 is 1.80 bits per heavy atom. The molecule has 0 saturated heterocycles. The fourth-order valence-electron chi connectivity index (χ4n) is 2.16. The number of nitrogens with zero attached hydrogens (tertiary/aromatic N) is 1. The van der Waals surface area contributed by atoms with E-state index in [1.54, 1.807) is 4.31 Å². The van der Waals surface area contributed by atoms with Crippen molar-refractivity contribution in [1.82, 2.24) is 4.31 Å². The van der Waals surface area contributed by atoms with E-state index in [1.165, 1.54) is 11.4 Å². The Hall–Kier alpha value is -0.920. The third-order valence-electron chi connectivity index (χ3n) is 3.74. The van der Waals surface area contributed by atoms with E-state index in [0.717, 1.165) is 37.0 Å². The van der Waals surface area contributed by atoms with E-state index >= 15 is 0 Å². The molecule has 0 spiro atoms. The Balaban J connectivity index is 1.82. The van der Waals surface area contributed by atoms with Crippen molar-refractivity contribution in [2.45, 2.75) is 30.6 Å². The van der Waals surface area contributed by atoms with E-state index < -0.39 is 16.0 Å². The average Bonchev–Trinajstić information content (AvgIpc) is 3.30. The quantitative estimate of drug-likeness (QED) is 0.837. The number of sulfonamides is 1. The van der Waals surface area contributed by atoms with Crippen molar-refractivity contribution in [3.63, 3.8) is 0 Å². The molecule has 0 unspecified atom stereocenters. The van der Waals surface area contributed by atoms with Crippen molar-refractivity contribution in [3.05, 3.63) is 16.3 Å². The van der Waals surface area contributed by atoms with Gasteiger partial charge in [-0.1, -0.05) is 0 Å². The van der Waals surface area contributed by atoms with Gasteiger partial charge in [-0.2, -0.15) is 4.31 Å². The van der Waals surface area contributed by atoms with Gasteiger partial charge >= 0.3 is 5.97 Å². The molecule has 2 aliphatic carbocycles. The Morgan fingerprint density at radius 1 is 1.25 bits per heavy atom. The normalized spacial score (nSPS) is 19.4. The predicted octanol–water partition coefficient (Wildman–Crippen LogP) is 2.26. The molecule has 0 aliphatic heterocycles. The second-order valence-electron chi connectivity index (χ2n) is 5.66. The maximum Gasteiger partial charge on any atom is 0.345 e. The lowest BCUT2D eigenvalue weighted by molar-refractivity contribution is 0.0702. The predicted molar refractivity (Wildman–Crippen MR) is 75.5 cm³/mol. The number of hydrogen-bond donors (Lipinski definition) is 1. The highest BCUT2D eigenvalue weighted by Crippen LogP contribution is 2.36. The van der Waals surface area contributed by atoms with Gasteiger partial charge in [0.15, 0.2) is 0 Å². The highest BCUT2D eigenvalue weighted by atomic mass is 32.2. The summed E-state index contributed by atoms with van der Waals surface area (Å²) in [5.74, 6) is -0.102. The molecule has 2 aliphatic rings. The largest absolute Gasteiger partial charge is 0.477 e. The van der Waals surface area contributed by atoms with Gasteiger partial charge in [-0.15, -0.1) is 11.3 Å². The summed E-state index contributed by atoms with van der Waals surface area (Å²) in [6.45, 7) is 1.16. The molecular weight excluding hydrogens is 298 g/mol. The minimum absolute atomic E-state index is 0.0707. The molecule has 1 heterocycles. The summed E-state index contributed by atoms with van der Waals surface area (Å²) < 4.78 is 26.8. The molecule has 20 heavy (non-hydrogen) atoms. The molecule has 2 fully saturated rings. The number of hydrogen-bond acceptors (Lipinski definition) is 4. The minimum atomic E-state index is -3.54. The van der Waals surface area contributed by atoms with Crippen LogP contribution in [0.25, 0.3) is 0 Å². The van der Waals surface area contributed by atoms with E-state index in [9.17, 15) is 13.2 Å². The van der Waals surface area contributed by atoms with Gasteiger partial charge in [0.05, 0.1) is 4.90 Å². The van der Waals surface area contributed by atoms with Gasteiger partial charge in [0, 0.05) is 18.5 Å². The number of aromatic carboxylic acids is 1. The van der Waals surface area contributed by atoms with Crippen LogP contribution in [0, 0.1) is 11.8 Å². The van der Waals surface area contributed by atoms with Crippen LogP contribution in [-0.4, -0.2) is 36.9 Å². The van der Waals surface area contributed by atoms with Crippen molar-refractivity contribution >= 4 is 27.3 Å². The van der Waals surface area contributed by atoms with Gasteiger partial charge in [-0.05, 0) is 43.6 Å². The smallest absolute Gasteiger partial charge is 0.345 e. The second-order valence-corrected chi connectivity index (χ2v) is 8.51. The Bertz CT molecular complexity index is 600. The first kappa shape index (κ1) is 14.0. The van der Waals surface area contributed by atoms with Crippen molar-refractivity contribution < 1.29 is 18.3 Å². The third-order valence-corrected chi connectivity index (χ3v) is 6.62. The number of carboxylic acid groups (broad SMARTS) is 1. The molecule has 7 heteroatoms. The van der Waals surface area contributed by atoms with Crippen molar-refractivity contribution in [1.29, 1.82) is 0 Å². The zero-order valence-electron chi connectivity index (χ0n) is 11.0. The summed E-state index contributed by atoms with van der Waals surface area (Å²) in [6, 6.07) is 1.27. The molecule has 110 valence electrons. The molecule has 1 aromatic heterocycles. The summed E-state index contributed by atoms with van der Waals surface area (Å²) in [4.78, 5) is 11.1. The summed E-state index contributed by atoms with van der Waals surface area (Å²) in [5.41, 5.74) is 0. The number of carbonyl (C=O) groups is 1. The highest BCUT2D eigenvalue weighted by molar-refractivity contribution is 7.89. The topological polar surface area (TPSA) is 74.7 Å². The van der Waals surface area contributed by atoms with Crippen molar-refractivity contribution in [2.75, 3.05) is 13.1 Å². The molecule has 3 rings (SSSR count). The lowest BCUT2D eigenvalue weighted by Gasteiger charge is -2.21. The number of carboxylic acids is 1. The molecule has 0 bridgehead atoms. The van der Waals surface area contributed by atoms with E-state index in [0.29, 0.717) is 24.9 Å². The van der Waals surface area contributed by atoms with Gasteiger partial charge in [0.2, 0.25) is 10.0 Å². The van der Waals surface area contributed by atoms with Crippen LogP contribution >= 0.6 is 11.3 Å². The first-order valence-electron chi connectivity index (χ1n) is 6.79. The summed E-state index contributed by atoms with van der Waals surface area (Å²) in [5, 5.41) is 10.4. The lowest BCUT2D eigenvalue weighted by Crippen LogP contribution is -2.34. The maximum atomic E-state index is 12.6. The van der Waals surface area contributed by atoms with Crippen LogP contribution in [0.5, 0.6) is 0 Å². The van der Waals surface area contributed by atoms with Crippen LogP contribution in [0.15, 0.2) is 16.3 Å². The van der Waals surface area contributed by atoms with Gasteiger partial charge in [0.25, 0.3) is 0 Å². The summed E-state index contributed by atoms with van der Waals surface area (Å²) in [6.07, 6.45) is 4.39. The van der Waals surface area contributed by atoms with E-state index in [-0.39, 0.29) is 9.77 Å². The van der Waals surface area contributed by atoms with Crippen molar-refractivity contribution in [3.8, 4) is 0 Å². The van der Waals surface area contributed by atoms with E-state index in [4.69, 9.17) is 5.11 Å². The van der Waals surface area contributed by atoms with Gasteiger partial charge in [-0.25, -0.2) is 13.2 Å². The highest BCUT2D eigenvalue weighted by Gasteiger charge is 2.36. The fourth-order valence-corrected chi connectivity index (χ4v) is 4.85. The van der Waals surface area contributed by atoms with Crippen LogP contribution in [0.2, 0.25) is 0 Å². The van der Waals surface area contributed by atoms with Gasteiger partial charge in [0.1, 0.15) is 4.88 Å². The van der Waals surface area contributed by atoms with Crippen LogP contribution in [0.1, 0.15) is 35.4 Å². The number of rotatable bonds is 7. The Labute approximate surface area is 122 Å². The van der Waals surface area contributed by atoms with Crippen LogP contribution in [0.3, 0.4) is 0 Å². The molecule has 1 aromatic rings. The van der Waals surface area contributed by atoms with Crippen LogP contribution < -0.4 is 0 Å². The average molecular weight is 315 g/mol. The van der Waals surface area contributed by atoms with E-state index in [1.807, 2.05) is 0 Å². The first-order chi connectivity index (χ1) is 9.46. The second kappa shape index (κ2) is 5.13. The fraction of sp³-hybridized carbons (Fsp3) is 0.615. The zero-order valence-corrected chi connectivity index (χ0v) is 12.6. The third kappa shape index (κ3) is 3.05. The SMILES string of the molecule is O=C(O)c1cc(S(=O)(=O)N(CC2CC2)CC2CC2)cs1. The molecular formula is C13H17NO4S2. The Morgan fingerprint density at radius 3 is 2.20 bits per heavy atom. The molecule has 2 saturated carbocycles. The number of thiophene rings is 1. The standard InChI is InChI=1S/C13H17NO4S2/c15-13(16)12-5-11(8-19-12)20(17,18)14(6-9-1-2-9)7-10-3-4-10/h5,8-10H,1-4,6-7H2,(H,15,16). The van der Waals surface area contributed by atoms with Gasteiger partial charge < -0.3 is 5.11 Å². The molecule has 0 aromatic carbocycles. The lowest BCUT2D eigenvalue weighted by atomic mass is 10.4. The summed E-state index contributed by atoms with van der Waals surface area (Å²) >= 11 is 0.966. The maximum absolute atomic E-state index is 12.6. The summed E-state index contributed by atoms with van der Waals surface area (Å²) in [7, 11) is -3.54.